The van der Waals surface area contributed by atoms with Crippen molar-refractivity contribution in [3.63, 3.8) is 0 Å². The van der Waals surface area contributed by atoms with Gasteiger partial charge in [-0.05, 0) is 31.9 Å². The predicted octanol–water partition coefficient (Wildman–Crippen LogP) is 2.24. The first-order chi connectivity index (χ1) is 9.02. The highest BCUT2D eigenvalue weighted by molar-refractivity contribution is 5.29. The number of rotatable bonds is 4. The van der Waals surface area contributed by atoms with E-state index in [1.807, 2.05) is 24.9 Å². The van der Waals surface area contributed by atoms with Crippen LogP contribution in [0.15, 0.2) is 18.3 Å². The van der Waals surface area contributed by atoms with Crippen molar-refractivity contribution in [1.29, 1.82) is 0 Å². The van der Waals surface area contributed by atoms with Crippen molar-refractivity contribution in [3.8, 4) is 0 Å². The third kappa shape index (κ3) is 2.84. The molecule has 2 N–H and O–H groups in total. The lowest BCUT2D eigenvalue weighted by atomic mass is 10.0. The molecule has 2 aromatic heterocycles. The molecule has 0 saturated heterocycles. The van der Waals surface area contributed by atoms with E-state index in [1.54, 1.807) is 0 Å². The van der Waals surface area contributed by atoms with Crippen LogP contribution < -0.4 is 5.73 Å². The van der Waals surface area contributed by atoms with Gasteiger partial charge < -0.3 is 5.73 Å². The van der Waals surface area contributed by atoms with Gasteiger partial charge in [-0.2, -0.15) is 5.10 Å². The monoisotopic (exact) mass is 258 g/mol. The number of aryl methyl sites for hydroxylation is 3. The molecule has 4 heteroatoms. The minimum absolute atomic E-state index is 0.0475. The Hall–Kier alpha value is -1.68. The van der Waals surface area contributed by atoms with Crippen molar-refractivity contribution in [2.45, 2.75) is 39.7 Å². The molecule has 2 heterocycles. The molecule has 0 aromatic carbocycles. The van der Waals surface area contributed by atoms with E-state index in [0.29, 0.717) is 0 Å². The number of hydrogen-bond acceptors (Lipinski definition) is 3. The summed E-state index contributed by atoms with van der Waals surface area (Å²) in [5.41, 5.74) is 11.9. The number of nitrogens with zero attached hydrogens (tertiary/aromatic N) is 3. The molecule has 0 fully saturated rings. The molecule has 1 atom stereocenters. The molecular formula is C15H22N4. The Kier molecular flexibility index (Phi) is 4.00. The van der Waals surface area contributed by atoms with Gasteiger partial charge in [-0.25, -0.2) is 0 Å². The molecule has 0 aliphatic heterocycles. The van der Waals surface area contributed by atoms with Crippen LogP contribution in [-0.2, 0) is 19.9 Å². The zero-order valence-electron chi connectivity index (χ0n) is 12.1. The quantitative estimate of drug-likeness (QED) is 0.915. The standard InChI is InChI=1S/C15H22N4/c1-5-12-6-7-13(17-9-12)8-14(16)15-10(2)18-19(4)11(15)3/h6-7,9,14H,5,8,16H2,1-4H3. The van der Waals surface area contributed by atoms with Crippen molar-refractivity contribution < 1.29 is 0 Å². The maximum Gasteiger partial charge on any atom is 0.0644 e. The van der Waals surface area contributed by atoms with Crippen LogP contribution >= 0.6 is 0 Å². The smallest absolute Gasteiger partial charge is 0.0644 e. The van der Waals surface area contributed by atoms with Gasteiger partial charge in [0.1, 0.15) is 0 Å². The highest BCUT2D eigenvalue weighted by Gasteiger charge is 2.17. The molecule has 0 radical (unpaired) electrons. The van der Waals surface area contributed by atoms with Gasteiger partial charge in [0.25, 0.3) is 0 Å². The zero-order valence-corrected chi connectivity index (χ0v) is 12.1. The second-order valence-electron chi connectivity index (χ2n) is 5.03. The van der Waals surface area contributed by atoms with Crippen LogP contribution in [0.4, 0.5) is 0 Å². The summed E-state index contributed by atoms with van der Waals surface area (Å²) in [6.45, 7) is 6.20. The van der Waals surface area contributed by atoms with E-state index in [2.05, 4.69) is 36.1 Å². The third-order valence-electron chi connectivity index (χ3n) is 3.66. The molecular weight excluding hydrogens is 236 g/mol. The molecule has 102 valence electrons. The molecule has 0 aliphatic carbocycles. The van der Waals surface area contributed by atoms with Crippen LogP contribution in [0.3, 0.4) is 0 Å². The lowest BCUT2D eigenvalue weighted by molar-refractivity contribution is 0.689. The Morgan fingerprint density at radius 3 is 2.53 bits per heavy atom. The summed E-state index contributed by atoms with van der Waals surface area (Å²) in [5, 5.41) is 4.42. The first-order valence-electron chi connectivity index (χ1n) is 6.72. The summed E-state index contributed by atoms with van der Waals surface area (Å²) in [6.07, 6.45) is 3.70. The van der Waals surface area contributed by atoms with E-state index in [-0.39, 0.29) is 6.04 Å². The van der Waals surface area contributed by atoms with Crippen molar-refractivity contribution in [2.24, 2.45) is 12.8 Å². The van der Waals surface area contributed by atoms with Gasteiger partial charge in [0, 0.05) is 42.7 Å². The van der Waals surface area contributed by atoms with Crippen molar-refractivity contribution >= 4 is 0 Å². The second kappa shape index (κ2) is 5.53. The highest BCUT2D eigenvalue weighted by atomic mass is 15.3. The average molecular weight is 258 g/mol. The predicted molar refractivity (Wildman–Crippen MR) is 76.9 cm³/mol. The van der Waals surface area contributed by atoms with Crippen molar-refractivity contribution in [3.05, 3.63) is 46.5 Å². The molecule has 19 heavy (non-hydrogen) atoms. The number of aromatic nitrogens is 3. The maximum absolute atomic E-state index is 6.32. The van der Waals surface area contributed by atoms with E-state index in [9.17, 15) is 0 Å². The summed E-state index contributed by atoms with van der Waals surface area (Å²) >= 11 is 0. The van der Waals surface area contributed by atoms with E-state index >= 15 is 0 Å². The van der Waals surface area contributed by atoms with Crippen LogP contribution in [0.25, 0.3) is 0 Å². The number of nitrogens with two attached hydrogens (primary N) is 1. The van der Waals surface area contributed by atoms with Crippen LogP contribution in [0.2, 0.25) is 0 Å². The Morgan fingerprint density at radius 2 is 2.05 bits per heavy atom. The molecule has 4 nitrogen and oxygen atoms in total. The van der Waals surface area contributed by atoms with Gasteiger partial charge >= 0.3 is 0 Å². The van der Waals surface area contributed by atoms with Gasteiger partial charge in [-0.15, -0.1) is 0 Å². The van der Waals surface area contributed by atoms with Crippen LogP contribution in [0.5, 0.6) is 0 Å². The fraction of sp³-hybridized carbons (Fsp3) is 0.467. The third-order valence-corrected chi connectivity index (χ3v) is 3.66. The highest BCUT2D eigenvalue weighted by Crippen LogP contribution is 2.22. The molecule has 0 saturated carbocycles. The Balaban J connectivity index is 2.18. The minimum Gasteiger partial charge on any atom is -0.324 e. The topological polar surface area (TPSA) is 56.7 Å². The summed E-state index contributed by atoms with van der Waals surface area (Å²) in [5.74, 6) is 0. The van der Waals surface area contributed by atoms with Crippen molar-refractivity contribution in [2.75, 3.05) is 0 Å². The van der Waals surface area contributed by atoms with Crippen LogP contribution in [0, 0.1) is 13.8 Å². The summed E-state index contributed by atoms with van der Waals surface area (Å²) < 4.78 is 1.89. The van der Waals surface area contributed by atoms with Gasteiger partial charge in [0.15, 0.2) is 0 Å². The average Bonchev–Trinajstić information content (AvgIpc) is 2.64. The first-order valence-corrected chi connectivity index (χ1v) is 6.72. The van der Waals surface area contributed by atoms with E-state index in [1.165, 1.54) is 5.56 Å². The van der Waals surface area contributed by atoms with Crippen molar-refractivity contribution in [1.82, 2.24) is 14.8 Å². The Bertz CT molecular complexity index is 554. The van der Waals surface area contributed by atoms with E-state index in [0.717, 1.165) is 35.5 Å². The summed E-state index contributed by atoms with van der Waals surface area (Å²) in [7, 11) is 1.95. The normalized spacial score (nSPS) is 12.7. The molecule has 0 spiro atoms. The number of hydrogen-bond donors (Lipinski definition) is 1. The summed E-state index contributed by atoms with van der Waals surface area (Å²) in [6, 6.07) is 4.14. The number of pyridine rings is 1. The molecule has 0 bridgehead atoms. The lowest BCUT2D eigenvalue weighted by Crippen LogP contribution is -2.16. The minimum atomic E-state index is -0.0475. The SMILES string of the molecule is CCc1ccc(CC(N)c2c(C)nn(C)c2C)nc1. The van der Waals surface area contributed by atoms with E-state index in [4.69, 9.17) is 5.73 Å². The van der Waals surface area contributed by atoms with Gasteiger partial charge in [0.2, 0.25) is 0 Å². The fourth-order valence-electron chi connectivity index (χ4n) is 2.44. The Labute approximate surface area is 114 Å². The van der Waals surface area contributed by atoms with Gasteiger partial charge in [0.05, 0.1) is 5.69 Å². The van der Waals surface area contributed by atoms with Crippen LogP contribution in [0.1, 0.15) is 41.2 Å². The van der Waals surface area contributed by atoms with E-state index < -0.39 is 0 Å². The molecule has 1 unspecified atom stereocenters. The molecule has 0 amide bonds. The zero-order chi connectivity index (χ0) is 14.0. The largest absolute Gasteiger partial charge is 0.324 e. The second-order valence-corrected chi connectivity index (χ2v) is 5.03. The van der Waals surface area contributed by atoms with Gasteiger partial charge in [-0.3, -0.25) is 9.67 Å². The fourth-order valence-corrected chi connectivity index (χ4v) is 2.44. The van der Waals surface area contributed by atoms with Gasteiger partial charge in [-0.1, -0.05) is 13.0 Å². The molecule has 0 aliphatic rings. The summed E-state index contributed by atoms with van der Waals surface area (Å²) in [4.78, 5) is 4.47. The first kappa shape index (κ1) is 13.7. The molecule has 2 aromatic rings. The lowest BCUT2D eigenvalue weighted by Gasteiger charge is -2.12. The Morgan fingerprint density at radius 1 is 1.32 bits per heavy atom. The van der Waals surface area contributed by atoms with Crippen LogP contribution in [-0.4, -0.2) is 14.8 Å². The molecule has 2 rings (SSSR count). The maximum atomic E-state index is 6.32.